The first-order valence-corrected chi connectivity index (χ1v) is 6.69. The molecule has 0 heterocycles. The van der Waals surface area contributed by atoms with E-state index in [4.69, 9.17) is 10.8 Å². The van der Waals surface area contributed by atoms with Crippen LogP contribution in [0.2, 0.25) is 0 Å². The van der Waals surface area contributed by atoms with Gasteiger partial charge < -0.3 is 10.8 Å². The lowest BCUT2D eigenvalue weighted by Gasteiger charge is -2.28. The predicted octanol–water partition coefficient (Wildman–Crippen LogP) is 2.16. The lowest BCUT2D eigenvalue weighted by atomic mass is 10.1. The van der Waals surface area contributed by atoms with Crippen molar-refractivity contribution in [2.45, 2.75) is 30.4 Å². The van der Waals surface area contributed by atoms with E-state index in [0.717, 1.165) is 17.8 Å². The van der Waals surface area contributed by atoms with Gasteiger partial charge in [0.1, 0.15) is 6.04 Å². The summed E-state index contributed by atoms with van der Waals surface area (Å²) in [4.78, 5) is 20.7. The normalized spacial score (nSPS) is 13.0. The summed E-state index contributed by atoms with van der Waals surface area (Å²) in [6.07, 6.45) is 0. The Balaban J connectivity index is 2.88. The number of nitro groups is 1. The molecule has 1 aromatic rings. The highest BCUT2D eigenvalue weighted by atomic mass is 32.2. The van der Waals surface area contributed by atoms with Gasteiger partial charge in [0, 0.05) is 22.1 Å². The molecule has 20 heavy (non-hydrogen) atoms. The summed E-state index contributed by atoms with van der Waals surface area (Å²) in [5, 5.41) is 19.5. The van der Waals surface area contributed by atoms with E-state index in [1.807, 2.05) is 0 Å². The molecule has 0 spiro atoms. The molecule has 1 atom stereocenters. The van der Waals surface area contributed by atoms with Crippen LogP contribution in [0.25, 0.3) is 0 Å². The number of nitrogens with two attached hydrogens (primary N) is 1. The zero-order chi connectivity index (χ0) is 15.5. The van der Waals surface area contributed by atoms with Gasteiger partial charge in [0.25, 0.3) is 0 Å². The van der Waals surface area contributed by atoms with Crippen LogP contribution < -0.4 is 5.73 Å². The average molecular weight is 302 g/mol. The number of carbonyl (C=O) groups is 1. The molecule has 0 amide bonds. The zero-order valence-electron chi connectivity index (χ0n) is 11.0. The number of halogens is 1. The van der Waals surface area contributed by atoms with Gasteiger partial charge >= 0.3 is 11.7 Å². The van der Waals surface area contributed by atoms with E-state index in [0.29, 0.717) is 0 Å². The molecule has 0 aromatic heterocycles. The minimum Gasteiger partial charge on any atom is -0.480 e. The molecule has 0 saturated heterocycles. The van der Waals surface area contributed by atoms with E-state index >= 15 is 0 Å². The van der Waals surface area contributed by atoms with Gasteiger partial charge in [0.15, 0.2) is 0 Å². The van der Waals surface area contributed by atoms with Gasteiger partial charge in [-0.05, 0) is 13.8 Å². The Morgan fingerprint density at radius 1 is 1.60 bits per heavy atom. The first-order valence-electron chi connectivity index (χ1n) is 5.71. The lowest BCUT2D eigenvalue weighted by Crippen LogP contribution is -2.46. The second-order valence-corrected chi connectivity index (χ2v) is 6.34. The first-order chi connectivity index (χ1) is 9.16. The average Bonchev–Trinajstić information content (AvgIpc) is 2.36. The van der Waals surface area contributed by atoms with Crippen LogP contribution in [-0.4, -0.2) is 26.8 Å². The number of benzene rings is 1. The van der Waals surface area contributed by atoms with Crippen LogP contribution >= 0.6 is 11.8 Å². The van der Waals surface area contributed by atoms with Gasteiger partial charge in [-0.1, -0.05) is 12.1 Å². The lowest BCUT2D eigenvalue weighted by molar-refractivity contribution is -0.387. The molecule has 0 aliphatic heterocycles. The number of nitro benzene ring substituents is 1. The highest BCUT2D eigenvalue weighted by Crippen LogP contribution is 2.32. The van der Waals surface area contributed by atoms with Crippen LogP contribution in [0.4, 0.5) is 10.1 Å². The molecule has 1 aromatic carbocycles. The fourth-order valence-corrected chi connectivity index (χ4v) is 2.50. The number of carboxylic acid groups (broad SMARTS) is 1. The van der Waals surface area contributed by atoms with Crippen molar-refractivity contribution in [1.82, 2.24) is 0 Å². The number of hydrogen-bond acceptors (Lipinski definition) is 5. The molecule has 110 valence electrons. The summed E-state index contributed by atoms with van der Waals surface area (Å²) in [5.41, 5.74) is 5.11. The minimum atomic E-state index is -1.15. The van der Waals surface area contributed by atoms with E-state index in [9.17, 15) is 19.3 Å². The maximum atomic E-state index is 13.9. The molecule has 1 rings (SSSR count). The molecule has 6 nitrogen and oxygen atoms in total. The van der Waals surface area contributed by atoms with E-state index < -0.39 is 33.2 Å². The SMILES string of the molecule is CC(C)(SCc1cccc([N+](=O)[O-])c1F)[C@H](N)C(=O)O. The Morgan fingerprint density at radius 3 is 2.70 bits per heavy atom. The number of carboxylic acids is 1. The molecular formula is C12H15FN2O4S. The second kappa shape index (κ2) is 6.19. The van der Waals surface area contributed by atoms with Crippen molar-refractivity contribution in [2.24, 2.45) is 5.73 Å². The maximum absolute atomic E-state index is 13.9. The molecule has 3 N–H and O–H groups in total. The van der Waals surface area contributed by atoms with Gasteiger partial charge in [-0.2, -0.15) is 4.39 Å². The van der Waals surface area contributed by atoms with E-state index in [1.165, 1.54) is 12.1 Å². The third-order valence-electron chi connectivity index (χ3n) is 2.87. The second-order valence-electron chi connectivity index (χ2n) is 4.72. The van der Waals surface area contributed by atoms with Crippen LogP contribution in [-0.2, 0) is 10.5 Å². The molecule has 0 radical (unpaired) electrons. The van der Waals surface area contributed by atoms with Crippen LogP contribution in [0.5, 0.6) is 0 Å². The zero-order valence-corrected chi connectivity index (χ0v) is 11.8. The molecule has 0 aliphatic rings. The highest BCUT2D eigenvalue weighted by Gasteiger charge is 2.33. The predicted molar refractivity (Wildman–Crippen MR) is 74.0 cm³/mol. The van der Waals surface area contributed by atoms with Crippen LogP contribution in [0.3, 0.4) is 0 Å². The quantitative estimate of drug-likeness (QED) is 0.616. The summed E-state index contributed by atoms with van der Waals surface area (Å²) in [6, 6.07) is 2.78. The topological polar surface area (TPSA) is 106 Å². The van der Waals surface area contributed by atoms with Crippen molar-refractivity contribution >= 4 is 23.4 Å². The summed E-state index contributed by atoms with van der Waals surface area (Å²) in [6.45, 7) is 3.26. The first kappa shape index (κ1) is 16.4. The van der Waals surface area contributed by atoms with E-state index in [1.54, 1.807) is 13.8 Å². The third kappa shape index (κ3) is 3.67. The van der Waals surface area contributed by atoms with Gasteiger partial charge in [0.05, 0.1) is 4.92 Å². The minimum absolute atomic E-state index is 0.0987. The number of rotatable bonds is 6. The monoisotopic (exact) mass is 302 g/mol. The summed E-state index contributed by atoms with van der Waals surface area (Å²) in [7, 11) is 0. The van der Waals surface area contributed by atoms with Gasteiger partial charge in [-0.15, -0.1) is 11.8 Å². The van der Waals surface area contributed by atoms with Gasteiger partial charge in [-0.25, -0.2) is 0 Å². The number of thioether (sulfide) groups is 1. The fraction of sp³-hybridized carbons (Fsp3) is 0.417. The summed E-state index contributed by atoms with van der Waals surface area (Å²) < 4.78 is 13.0. The van der Waals surface area contributed by atoms with Crippen molar-refractivity contribution in [1.29, 1.82) is 0 Å². The van der Waals surface area contributed by atoms with Gasteiger partial charge in [-0.3, -0.25) is 14.9 Å². The van der Waals surface area contributed by atoms with Crippen LogP contribution in [0, 0.1) is 15.9 Å². The van der Waals surface area contributed by atoms with Gasteiger partial charge in [0.2, 0.25) is 5.82 Å². The summed E-state index contributed by atoms with van der Waals surface area (Å²) >= 11 is 1.13. The molecule has 0 saturated carbocycles. The molecular weight excluding hydrogens is 287 g/mol. The molecule has 0 unspecified atom stereocenters. The van der Waals surface area contributed by atoms with E-state index in [2.05, 4.69) is 0 Å². The van der Waals surface area contributed by atoms with Crippen LogP contribution in [0.15, 0.2) is 18.2 Å². The van der Waals surface area contributed by atoms with Crippen molar-refractivity contribution in [3.8, 4) is 0 Å². The van der Waals surface area contributed by atoms with Crippen molar-refractivity contribution in [3.63, 3.8) is 0 Å². The van der Waals surface area contributed by atoms with E-state index in [-0.39, 0.29) is 11.3 Å². The molecule has 0 aliphatic carbocycles. The number of aliphatic carboxylic acids is 1. The Kier molecular flexibility index (Phi) is 5.07. The smallest absolute Gasteiger partial charge is 0.321 e. The Bertz CT molecular complexity index is 536. The third-order valence-corrected chi connectivity index (χ3v) is 4.32. The standard InChI is InChI=1S/C12H15FN2O4S/c1-12(2,10(14)11(16)17)20-6-7-4-3-5-8(9(7)13)15(18)19/h3-5,10H,6,14H2,1-2H3,(H,16,17)/t10-/m1/s1. The summed E-state index contributed by atoms with van der Waals surface area (Å²) in [5.74, 6) is -1.95. The van der Waals surface area contributed by atoms with Crippen LogP contribution in [0.1, 0.15) is 19.4 Å². The Labute approximate surface area is 119 Å². The molecule has 0 fully saturated rings. The highest BCUT2D eigenvalue weighted by molar-refractivity contribution is 7.99. The Morgan fingerprint density at radius 2 is 2.20 bits per heavy atom. The maximum Gasteiger partial charge on any atom is 0.321 e. The number of hydrogen-bond donors (Lipinski definition) is 2. The Hall–Kier alpha value is -1.67. The largest absolute Gasteiger partial charge is 0.480 e. The number of nitrogens with zero attached hydrogens (tertiary/aromatic N) is 1. The van der Waals surface area contributed by atoms with Crippen molar-refractivity contribution < 1.29 is 19.2 Å². The van der Waals surface area contributed by atoms with Crippen molar-refractivity contribution in [3.05, 3.63) is 39.7 Å². The molecule has 0 bridgehead atoms. The molecule has 8 heteroatoms. The fourth-order valence-electron chi connectivity index (χ4n) is 1.47. The van der Waals surface area contributed by atoms with Crippen molar-refractivity contribution in [2.75, 3.05) is 0 Å².